The minimum Gasteiger partial charge on any atom is -0.478 e. The topological polar surface area (TPSA) is 106 Å². The number of anilines is 1. The van der Waals surface area contributed by atoms with Gasteiger partial charge < -0.3 is 10.8 Å². The number of aromatic carboxylic acids is 1. The Labute approximate surface area is 86.6 Å². The maximum absolute atomic E-state index is 10.6. The van der Waals surface area contributed by atoms with E-state index < -0.39 is 10.9 Å². The number of halogens is 1. The van der Waals surface area contributed by atoms with Crippen LogP contribution in [0.5, 0.6) is 0 Å². The summed E-state index contributed by atoms with van der Waals surface area (Å²) < 4.78 is 0.0942. The van der Waals surface area contributed by atoms with Crippen molar-refractivity contribution in [2.24, 2.45) is 0 Å². The molecule has 0 aliphatic heterocycles. The number of nitro groups is 1. The summed E-state index contributed by atoms with van der Waals surface area (Å²) in [6.07, 6.45) is 0. The predicted octanol–water partition coefficient (Wildman–Crippen LogP) is 1.64. The molecule has 0 bridgehead atoms. The van der Waals surface area contributed by atoms with E-state index in [1.54, 1.807) is 0 Å². The molecule has 0 unspecified atom stereocenters. The average Bonchev–Trinajstić information content (AvgIpc) is 2.01. The maximum Gasteiger partial charge on any atom is 0.338 e. The molecule has 0 saturated carbocycles. The normalized spacial score (nSPS) is 9.79. The molecular formula is C7H5BrN2O4. The lowest BCUT2D eigenvalue weighted by atomic mass is 10.1. The van der Waals surface area contributed by atoms with Crippen LogP contribution in [0.3, 0.4) is 0 Å². The van der Waals surface area contributed by atoms with Crippen molar-refractivity contribution in [1.29, 1.82) is 0 Å². The molecule has 0 atom stereocenters. The molecule has 1 rings (SSSR count). The van der Waals surface area contributed by atoms with E-state index in [2.05, 4.69) is 15.9 Å². The third-order valence-electron chi connectivity index (χ3n) is 1.53. The van der Waals surface area contributed by atoms with Gasteiger partial charge in [-0.05, 0) is 15.9 Å². The van der Waals surface area contributed by atoms with Gasteiger partial charge in [-0.1, -0.05) is 0 Å². The SMILES string of the molecule is Nc1cc([N+](=O)[O-])cc(Br)c1C(=O)O. The van der Waals surface area contributed by atoms with E-state index in [1.165, 1.54) is 0 Å². The zero-order valence-corrected chi connectivity index (χ0v) is 8.32. The molecular weight excluding hydrogens is 256 g/mol. The Morgan fingerprint density at radius 2 is 2.14 bits per heavy atom. The summed E-state index contributed by atoms with van der Waals surface area (Å²) in [7, 11) is 0. The van der Waals surface area contributed by atoms with Crippen molar-refractivity contribution in [3.8, 4) is 0 Å². The Balaban J connectivity index is 3.39. The fraction of sp³-hybridized carbons (Fsp3) is 0. The third kappa shape index (κ3) is 1.82. The van der Waals surface area contributed by atoms with Crippen LogP contribution in [0.4, 0.5) is 11.4 Å². The number of nitrogen functional groups attached to an aromatic ring is 1. The molecule has 0 spiro atoms. The Morgan fingerprint density at radius 3 is 2.50 bits per heavy atom. The molecule has 6 nitrogen and oxygen atoms in total. The molecule has 7 heteroatoms. The number of hydrogen-bond acceptors (Lipinski definition) is 4. The van der Waals surface area contributed by atoms with Crippen molar-refractivity contribution in [2.45, 2.75) is 0 Å². The highest BCUT2D eigenvalue weighted by molar-refractivity contribution is 9.10. The molecule has 14 heavy (non-hydrogen) atoms. The number of carboxylic acid groups (broad SMARTS) is 1. The summed E-state index contributed by atoms with van der Waals surface area (Å²) in [5.41, 5.74) is 4.78. The van der Waals surface area contributed by atoms with Crippen LogP contribution in [0.1, 0.15) is 10.4 Å². The lowest BCUT2D eigenvalue weighted by Crippen LogP contribution is -2.04. The number of nitrogens with two attached hydrogens (primary N) is 1. The fourth-order valence-corrected chi connectivity index (χ4v) is 1.58. The van der Waals surface area contributed by atoms with Gasteiger partial charge >= 0.3 is 5.97 Å². The molecule has 0 heterocycles. The highest BCUT2D eigenvalue weighted by Crippen LogP contribution is 2.28. The number of non-ortho nitro benzene ring substituents is 1. The summed E-state index contributed by atoms with van der Waals surface area (Å²) in [5, 5.41) is 19.1. The van der Waals surface area contributed by atoms with Crippen LogP contribution in [-0.4, -0.2) is 16.0 Å². The second-order valence-corrected chi connectivity index (χ2v) is 3.31. The molecule has 0 radical (unpaired) electrons. The summed E-state index contributed by atoms with van der Waals surface area (Å²) in [4.78, 5) is 20.4. The van der Waals surface area contributed by atoms with Crippen molar-refractivity contribution in [2.75, 3.05) is 5.73 Å². The number of benzene rings is 1. The first-order valence-electron chi connectivity index (χ1n) is 3.40. The number of nitrogens with zero attached hydrogens (tertiary/aromatic N) is 1. The monoisotopic (exact) mass is 260 g/mol. The quantitative estimate of drug-likeness (QED) is 0.478. The standard InChI is InChI=1S/C7H5BrN2O4/c8-4-1-3(10(13)14)2-5(9)6(4)7(11)12/h1-2H,9H2,(H,11,12). The van der Waals surface area contributed by atoms with Crippen LogP contribution in [0.25, 0.3) is 0 Å². The molecule has 0 saturated heterocycles. The fourth-order valence-electron chi connectivity index (χ4n) is 0.944. The molecule has 1 aromatic rings. The van der Waals surface area contributed by atoms with Crippen molar-refractivity contribution >= 4 is 33.3 Å². The first-order chi connectivity index (χ1) is 6.43. The highest BCUT2D eigenvalue weighted by Gasteiger charge is 2.17. The number of rotatable bonds is 2. The van der Waals surface area contributed by atoms with Gasteiger partial charge in [0.25, 0.3) is 5.69 Å². The van der Waals surface area contributed by atoms with Crippen LogP contribution in [0.2, 0.25) is 0 Å². The zero-order chi connectivity index (χ0) is 10.9. The van der Waals surface area contributed by atoms with Gasteiger partial charge in [0, 0.05) is 16.6 Å². The van der Waals surface area contributed by atoms with E-state index in [0.717, 1.165) is 12.1 Å². The molecule has 0 fully saturated rings. The highest BCUT2D eigenvalue weighted by atomic mass is 79.9. The second kappa shape index (κ2) is 3.62. The number of hydrogen-bond donors (Lipinski definition) is 2. The number of carboxylic acids is 1. The van der Waals surface area contributed by atoms with Gasteiger partial charge in [0.15, 0.2) is 0 Å². The second-order valence-electron chi connectivity index (χ2n) is 2.45. The first-order valence-corrected chi connectivity index (χ1v) is 4.19. The predicted molar refractivity (Wildman–Crippen MR) is 52.2 cm³/mol. The lowest BCUT2D eigenvalue weighted by molar-refractivity contribution is -0.384. The van der Waals surface area contributed by atoms with Gasteiger partial charge in [-0.2, -0.15) is 0 Å². The summed E-state index contributed by atoms with van der Waals surface area (Å²) in [5.74, 6) is -1.23. The van der Waals surface area contributed by atoms with Gasteiger partial charge in [-0.3, -0.25) is 10.1 Å². The van der Waals surface area contributed by atoms with Crippen LogP contribution in [0, 0.1) is 10.1 Å². The third-order valence-corrected chi connectivity index (χ3v) is 2.16. The van der Waals surface area contributed by atoms with Crippen LogP contribution < -0.4 is 5.73 Å². The molecule has 0 aromatic heterocycles. The van der Waals surface area contributed by atoms with Gasteiger partial charge in [0.05, 0.1) is 16.2 Å². The molecule has 1 aromatic carbocycles. The van der Waals surface area contributed by atoms with Crippen molar-refractivity contribution in [1.82, 2.24) is 0 Å². The van der Waals surface area contributed by atoms with Crippen molar-refractivity contribution in [3.63, 3.8) is 0 Å². The first kappa shape index (κ1) is 10.5. The summed E-state index contributed by atoms with van der Waals surface area (Å²) in [6.45, 7) is 0. The van der Waals surface area contributed by atoms with Crippen molar-refractivity contribution in [3.05, 3.63) is 32.3 Å². The largest absolute Gasteiger partial charge is 0.478 e. The molecule has 0 aliphatic carbocycles. The van der Waals surface area contributed by atoms with E-state index in [-0.39, 0.29) is 21.4 Å². The zero-order valence-electron chi connectivity index (χ0n) is 6.73. The molecule has 0 aliphatic rings. The van der Waals surface area contributed by atoms with Gasteiger partial charge in [-0.25, -0.2) is 4.79 Å². The minimum absolute atomic E-state index is 0.0942. The summed E-state index contributed by atoms with van der Waals surface area (Å²) in [6, 6.07) is 2.11. The maximum atomic E-state index is 10.6. The molecule has 3 N–H and O–H groups in total. The van der Waals surface area contributed by atoms with Gasteiger partial charge in [0.2, 0.25) is 0 Å². The Hall–Kier alpha value is -1.63. The van der Waals surface area contributed by atoms with E-state index in [9.17, 15) is 14.9 Å². The molecule has 74 valence electrons. The van der Waals surface area contributed by atoms with E-state index in [4.69, 9.17) is 10.8 Å². The van der Waals surface area contributed by atoms with E-state index in [1.807, 2.05) is 0 Å². The average molecular weight is 261 g/mol. The Morgan fingerprint density at radius 1 is 1.57 bits per heavy atom. The number of nitro benzene ring substituents is 1. The number of carbonyl (C=O) groups is 1. The van der Waals surface area contributed by atoms with Crippen LogP contribution in [0.15, 0.2) is 16.6 Å². The minimum atomic E-state index is -1.23. The van der Waals surface area contributed by atoms with Gasteiger partial charge in [-0.15, -0.1) is 0 Å². The van der Waals surface area contributed by atoms with Crippen LogP contribution in [-0.2, 0) is 0 Å². The Bertz CT molecular complexity index is 395. The Kier molecular flexibility index (Phi) is 2.70. The van der Waals surface area contributed by atoms with E-state index >= 15 is 0 Å². The lowest BCUT2D eigenvalue weighted by Gasteiger charge is -2.02. The smallest absolute Gasteiger partial charge is 0.338 e. The van der Waals surface area contributed by atoms with Crippen LogP contribution >= 0.6 is 15.9 Å². The molecule has 0 amide bonds. The summed E-state index contributed by atoms with van der Waals surface area (Å²) >= 11 is 2.90. The van der Waals surface area contributed by atoms with E-state index in [0.29, 0.717) is 0 Å². The van der Waals surface area contributed by atoms with Gasteiger partial charge in [0.1, 0.15) is 0 Å². The van der Waals surface area contributed by atoms with Crippen molar-refractivity contribution < 1.29 is 14.8 Å².